The van der Waals surface area contributed by atoms with E-state index < -0.39 is 0 Å². The van der Waals surface area contributed by atoms with Crippen LogP contribution in [0.4, 0.5) is 0 Å². The van der Waals surface area contributed by atoms with E-state index in [0.29, 0.717) is 17.4 Å². The van der Waals surface area contributed by atoms with Gasteiger partial charge in [0.1, 0.15) is 5.75 Å². The Labute approximate surface area is 114 Å². The number of rotatable bonds is 6. The number of methoxy groups -OCH3 is 1. The molecule has 1 aromatic carbocycles. The van der Waals surface area contributed by atoms with Crippen molar-refractivity contribution >= 4 is 11.6 Å². The number of hydrogen-bond donors (Lipinski definition) is 1. The maximum Gasteiger partial charge on any atom is 0.137 e. The molecule has 1 aromatic rings. The van der Waals surface area contributed by atoms with Crippen LogP contribution in [0.1, 0.15) is 32.4 Å². The van der Waals surface area contributed by atoms with Gasteiger partial charge in [-0.25, -0.2) is 0 Å². The van der Waals surface area contributed by atoms with E-state index in [1.54, 1.807) is 7.11 Å². The van der Waals surface area contributed by atoms with Crippen molar-refractivity contribution in [3.05, 3.63) is 28.8 Å². The maximum atomic E-state index is 6.04. The fourth-order valence-corrected chi connectivity index (χ4v) is 2.42. The van der Waals surface area contributed by atoms with E-state index >= 15 is 0 Å². The van der Waals surface area contributed by atoms with Crippen molar-refractivity contribution in [2.45, 2.75) is 32.4 Å². The summed E-state index contributed by atoms with van der Waals surface area (Å²) in [4.78, 5) is 0. The van der Waals surface area contributed by atoms with Gasteiger partial charge in [0.05, 0.1) is 23.8 Å². The highest BCUT2D eigenvalue weighted by molar-refractivity contribution is 6.32. The first-order chi connectivity index (χ1) is 8.46. The molecule has 1 unspecified atom stereocenters. The number of nitrogens with one attached hydrogen (secondary N) is 1. The fraction of sp³-hybridized carbons (Fsp3) is 0.571. The number of halogens is 1. The molecule has 4 heteroatoms. The molecule has 0 fully saturated rings. The quantitative estimate of drug-likeness (QED) is 0.860. The molecule has 1 atom stereocenters. The van der Waals surface area contributed by atoms with Gasteiger partial charge in [-0.2, -0.15) is 0 Å². The lowest BCUT2D eigenvalue weighted by atomic mass is 9.91. The number of ether oxygens (including phenoxy) is 2. The van der Waals surface area contributed by atoms with Gasteiger partial charge in [-0.3, -0.25) is 0 Å². The van der Waals surface area contributed by atoms with E-state index in [4.69, 9.17) is 21.1 Å². The van der Waals surface area contributed by atoms with E-state index in [0.717, 1.165) is 5.56 Å². The van der Waals surface area contributed by atoms with Crippen molar-refractivity contribution in [1.29, 1.82) is 0 Å². The highest BCUT2D eigenvalue weighted by Crippen LogP contribution is 2.33. The summed E-state index contributed by atoms with van der Waals surface area (Å²) in [7, 11) is 3.54. The van der Waals surface area contributed by atoms with Gasteiger partial charge >= 0.3 is 0 Å². The minimum atomic E-state index is -0.303. The SMILES string of the molecule is CCOC(C)(C)C(NC)c1ccc(Cl)c(OC)c1. The zero-order valence-corrected chi connectivity index (χ0v) is 12.5. The molecule has 0 aliphatic rings. The lowest BCUT2D eigenvalue weighted by Gasteiger charge is -2.34. The van der Waals surface area contributed by atoms with Gasteiger partial charge in [-0.15, -0.1) is 0 Å². The van der Waals surface area contributed by atoms with Crippen LogP contribution in [0, 0.1) is 0 Å². The largest absolute Gasteiger partial charge is 0.495 e. The van der Waals surface area contributed by atoms with Crippen LogP contribution in [0.3, 0.4) is 0 Å². The Morgan fingerprint density at radius 3 is 2.56 bits per heavy atom. The summed E-state index contributed by atoms with van der Waals surface area (Å²) in [5.41, 5.74) is 0.791. The Kier molecular flexibility index (Phi) is 5.45. The third-order valence-corrected chi connectivity index (χ3v) is 3.32. The van der Waals surface area contributed by atoms with E-state index in [-0.39, 0.29) is 11.6 Å². The van der Waals surface area contributed by atoms with Crippen molar-refractivity contribution in [2.75, 3.05) is 20.8 Å². The Morgan fingerprint density at radius 1 is 1.39 bits per heavy atom. The van der Waals surface area contributed by atoms with E-state index in [1.165, 1.54) is 0 Å². The zero-order valence-electron chi connectivity index (χ0n) is 11.7. The summed E-state index contributed by atoms with van der Waals surface area (Å²) in [6.45, 7) is 6.81. The monoisotopic (exact) mass is 271 g/mol. The zero-order chi connectivity index (χ0) is 13.8. The number of likely N-dealkylation sites (N-methyl/N-ethyl adjacent to an activating group) is 1. The minimum Gasteiger partial charge on any atom is -0.495 e. The first-order valence-corrected chi connectivity index (χ1v) is 6.48. The van der Waals surface area contributed by atoms with Crippen LogP contribution < -0.4 is 10.1 Å². The molecule has 0 aliphatic carbocycles. The number of hydrogen-bond acceptors (Lipinski definition) is 3. The Hall–Kier alpha value is -0.770. The molecule has 0 amide bonds. The van der Waals surface area contributed by atoms with Gasteiger partial charge in [-0.05, 0) is 45.5 Å². The Morgan fingerprint density at radius 2 is 2.06 bits per heavy atom. The van der Waals surface area contributed by atoms with Gasteiger partial charge in [0.25, 0.3) is 0 Å². The van der Waals surface area contributed by atoms with Crippen molar-refractivity contribution < 1.29 is 9.47 Å². The van der Waals surface area contributed by atoms with Gasteiger partial charge < -0.3 is 14.8 Å². The van der Waals surface area contributed by atoms with Crippen LogP contribution in [-0.2, 0) is 4.74 Å². The standard InChI is InChI=1S/C14H22ClNO2/c1-6-18-14(2,3)13(16-4)10-7-8-11(15)12(9-10)17-5/h7-9,13,16H,6H2,1-5H3. The molecular formula is C14H22ClNO2. The summed E-state index contributed by atoms with van der Waals surface area (Å²) >= 11 is 6.04. The molecule has 1 N–H and O–H groups in total. The first-order valence-electron chi connectivity index (χ1n) is 6.11. The van der Waals surface area contributed by atoms with Crippen molar-refractivity contribution in [3.63, 3.8) is 0 Å². The molecule has 0 saturated heterocycles. The third-order valence-electron chi connectivity index (χ3n) is 3.01. The lowest BCUT2D eigenvalue weighted by Crippen LogP contribution is -2.40. The molecule has 3 nitrogen and oxygen atoms in total. The molecule has 0 aromatic heterocycles. The lowest BCUT2D eigenvalue weighted by molar-refractivity contribution is -0.0375. The number of benzene rings is 1. The van der Waals surface area contributed by atoms with Crippen LogP contribution in [0.2, 0.25) is 5.02 Å². The average Bonchev–Trinajstić information content (AvgIpc) is 2.31. The summed E-state index contributed by atoms with van der Waals surface area (Å²) in [6, 6.07) is 5.86. The van der Waals surface area contributed by atoms with Crippen molar-refractivity contribution in [3.8, 4) is 5.75 Å². The predicted molar refractivity (Wildman–Crippen MR) is 75.5 cm³/mol. The highest BCUT2D eigenvalue weighted by atomic mass is 35.5. The predicted octanol–water partition coefficient (Wildman–Crippen LogP) is 3.42. The van der Waals surface area contributed by atoms with Gasteiger partial charge in [-0.1, -0.05) is 17.7 Å². The van der Waals surface area contributed by atoms with Gasteiger partial charge in [0, 0.05) is 6.61 Å². The Balaban J connectivity index is 3.09. The van der Waals surface area contributed by atoms with Crippen LogP contribution in [0.5, 0.6) is 5.75 Å². The molecule has 0 radical (unpaired) electrons. The summed E-state index contributed by atoms with van der Waals surface area (Å²) in [5.74, 6) is 0.682. The molecule has 0 spiro atoms. The second-order valence-corrected chi connectivity index (χ2v) is 5.06. The van der Waals surface area contributed by atoms with Gasteiger partial charge in [0.15, 0.2) is 0 Å². The highest BCUT2D eigenvalue weighted by Gasteiger charge is 2.30. The molecular weight excluding hydrogens is 250 g/mol. The summed E-state index contributed by atoms with van der Waals surface area (Å²) in [5, 5.41) is 3.91. The van der Waals surface area contributed by atoms with Crippen LogP contribution in [0.25, 0.3) is 0 Å². The summed E-state index contributed by atoms with van der Waals surface area (Å²) < 4.78 is 11.1. The molecule has 1 rings (SSSR count). The smallest absolute Gasteiger partial charge is 0.137 e. The van der Waals surface area contributed by atoms with Crippen LogP contribution in [-0.4, -0.2) is 26.4 Å². The molecule has 0 saturated carbocycles. The first kappa shape index (κ1) is 15.3. The molecule has 0 heterocycles. The second-order valence-electron chi connectivity index (χ2n) is 4.65. The normalized spacial score (nSPS) is 13.4. The summed E-state index contributed by atoms with van der Waals surface area (Å²) in [6.07, 6.45) is 0. The van der Waals surface area contributed by atoms with Crippen molar-refractivity contribution in [2.24, 2.45) is 0 Å². The Bertz CT molecular complexity index is 393. The van der Waals surface area contributed by atoms with Gasteiger partial charge in [0.2, 0.25) is 0 Å². The molecule has 0 bridgehead atoms. The molecule has 0 aliphatic heterocycles. The third kappa shape index (κ3) is 3.37. The minimum absolute atomic E-state index is 0.0728. The fourth-order valence-electron chi connectivity index (χ4n) is 2.23. The van der Waals surface area contributed by atoms with E-state index in [1.807, 2.05) is 32.2 Å². The maximum absolute atomic E-state index is 6.04. The second kappa shape index (κ2) is 6.41. The van der Waals surface area contributed by atoms with Crippen molar-refractivity contribution in [1.82, 2.24) is 5.32 Å². The van der Waals surface area contributed by atoms with Crippen LogP contribution in [0.15, 0.2) is 18.2 Å². The van der Waals surface area contributed by atoms with E-state index in [2.05, 4.69) is 19.2 Å². The van der Waals surface area contributed by atoms with E-state index in [9.17, 15) is 0 Å². The molecule has 18 heavy (non-hydrogen) atoms. The average molecular weight is 272 g/mol. The molecule has 102 valence electrons. The topological polar surface area (TPSA) is 30.5 Å². The van der Waals surface area contributed by atoms with Crippen LogP contribution >= 0.6 is 11.6 Å².